The highest BCUT2D eigenvalue weighted by atomic mass is 16.4. The van der Waals surface area contributed by atoms with E-state index in [-0.39, 0.29) is 35.5 Å². The van der Waals surface area contributed by atoms with E-state index in [0.717, 1.165) is 38.5 Å². The molecule has 0 aromatic carbocycles. The minimum atomic E-state index is -0.712. The smallest absolute Gasteiger partial charge is 0.307 e. The van der Waals surface area contributed by atoms with Gasteiger partial charge in [-0.05, 0) is 36.5 Å². The molecule has 4 heteroatoms. The maximum absolute atomic E-state index is 11.8. The first-order chi connectivity index (χ1) is 9.52. The van der Waals surface area contributed by atoms with Crippen LogP contribution >= 0.6 is 0 Å². The number of fused-ring (bicyclic) bond motifs is 1. The van der Waals surface area contributed by atoms with Gasteiger partial charge in [-0.15, -0.1) is 0 Å². The molecular weight excluding hydrogens is 256 g/mol. The summed E-state index contributed by atoms with van der Waals surface area (Å²) in [5.74, 6) is -1.95. The highest BCUT2D eigenvalue weighted by Gasteiger charge is 2.54. The second-order valence-electron chi connectivity index (χ2n) is 6.48. The summed E-state index contributed by atoms with van der Waals surface area (Å²) in [5.41, 5.74) is 0. The predicted molar refractivity (Wildman–Crippen MR) is 75.3 cm³/mol. The Morgan fingerprint density at radius 1 is 0.850 bits per heavy atom. The van der Waals surface area contributed by atoms with E-state index in [4.69, 9.17) is 0 Å². The molecule has 2 saturated carbocycles. The molecule has 2 rings (SSSR count). The average molecular weight is 282 g/mol. The van der Waals surface area contributed by atoms with Crippen LogP contribution in [0.2, 0.25) is 0 Å². The van der Waals surface area contributed by atoms with Gasteiger partial charge in [0.2, 0.25) is 0 Å². The van der Waals surface area contributed by atoms with Crippen LogP contribution in [0.3, 0.4) is 0 Å². The summed E-state index contributed by atoms with van der Waals surface area (Å²) < 4.78 is 0. The third-order valence-corrected chi connectivity index (χ3v) is 5.78. The van der Waals surface area contributed by atoms with E-state index in [1.165, 1.54) is 0 Å². The zero-order chi connectivity index (χ0) is 14.9. The first-order valence-electron chi connectivity index (χ1n) is 7.98. The van der Waals surface area contributed by atoms with Gasteiger partial charge in [-0.1, -0.05) is 39.5 Å². The number of aliphatic carboxylic acids is 2. The lowest BCUT2D eigenvalue weighted by Gasteiger charge is -2.51. The van der Waals surface area contributed by atoms with Crippen LogP contribution in [0.15, 0.2) is 0 Å². The maximum Gasteiger partial charge on any atom is 0.307 e. The Morgan fingerprint density at radius 2 is 1.20 bits per heavy atom. The largest absolute Gasteiger partial charge is 0.481 e. The summed E-state index contributed by atoms with van der Waals surface area (Å²) in [7, 11) is 0. The first kappa shape index (κ1) is 15.3. The Hall–Kier alpha value is -1.06. The van der Waals surface area contributed by atoms with Gasteiger partial charge in [-0.3, -0.25) is 9.59 Å². The van der Waals surface area contributed by atoms with Crippen LogP contribution in [0.25, 0.3) is 0 Å². The molecule has 2 aliphatic carbocycles. The van der Waals surface area contributed by atoms with E-state index in [9.17, 15) is 19.8 Å². The van der Waals surface area contributed by atoms with E-state index in [1.54, 1.807) is 0 Å². The molecule has 0 radical (unpaired) electrons. The molecule has 0 amide bonds. The van der Waals surface area contributed by atoms with Crippen molar-refractivity contribution >= 4 is 11.9 Å². The predicted octanol–water partition coefficient (Wildman–Crippen LogP) is 3.26. The summed E-state index contributed by atoms with van der Waals surface area (Å²) in [4.78, 5) is 23.5. The number of carboxylic acid groups (broad SMARTS) is 2. The molecule has 6 atom stereocenters. The molecule has 0 spiro atoms. The zero-order valence-corrected chi connectivity index (χ0v) is 12.4. The van der Waals surface area contributed by atoms with E-state index >= 15 is 0 Å². The summed E-state index contributed by atoms with van der Waals surface area (Å²) >= 11 is 0. The van der Waals surface area contributed by atoms with E-state index < -0.39 is 11.9 Å². The quantitative estimate of drug-likeness (QED) is 0.830. The van der Waals surface area contributed by atoms with Crippen LogP contribution in [0.1, 0.15) is 52.4 Å². The van der Waals surface area contributed by atoms with Gasteiger partial charge >= 0.3 is 11.9 Å². The van der Waals surface area contributed by atoms with Crippen LogP contribution < -0.4 is 0 Å². The fourth-order valence-electron chi connectivity index (χ4n) is 5.09. The minimum absolute atomic E-state index is 0.0120. The molecule has 2 fully saturated rings. The van der Waals surface area contributed by atoms with Crippen molar-refractivity contribution in [1.29, 1.82) is 0 Å². The Labute approximate surface area is 120 Å². The number of carboxylic acids is 2. The van der Waals surface area contributed by atoms with Crippen molar-refractivity contribution in [3.8, 4) is 0 Å². The Kier molecular flexibility index (Phi) is 4.71. The van der Waals surface area contributed by atoms with Crippen LogP contribution in [-0.4, -0.2) is 22.2 Å². The highest BCUT2D eigenvalue weighted by Crippen LogP contribution is 2.53. The third kappa shape index (κ3) is 2.45. The second-order valence-corrected chi connectivity index (χ2v) is 6.48. The van der Waals surface area contributed by atoms with Gasteiger partial charge in [0.25, 0.3) is 0 Å². The van der Waals surface area contributed by atoms with E-state index in [2.05, 4.69) is 0 Å². The highest BCUT2D eigenvalue weighted by molar-refractivity contribution is 5.74. The second kappa shape index (κ2) is 6.15. The fourth-order valence-corrected chi connectivity index (χ4v) is 5.09. The normalized spacial score (nSPS) is 40.9. The van der Waals surface area contributed by atoms with Crippen molar-refractivity contribution in [2.75, 3.05) is 0 Å². The summed E-state index contributed by atoms with van der Waals surface area (Å²) in [5, 5.41) is 19.3. The van der Waals surface area contributed by atoms with Gasteiger partial charge in [0.05, 0.1) is 11.8 Å². The molecule has 2 N–H and O–H groups in total. The van der Waals surface area contributed by atoms with E-state index in [0.29, 0.717) is 0 Å². The number of rotatable bonds is 4. The summed E-state index contributed by atoms with van der Waals surface area (Å²) in [6.45, 7) is 4.01. The molecule has 20 heavy (non-hydrogen) atoms. The van der Waals surface area contributed by atoms with Gasteiger partial charge in [0.1, 0.15) is 0 Å². The van der Waals surface area contributed by atoms with Gasteiger partial charge in [0.15, 0.2) is 0 Å². The van der Waals surface area contributed by atoms with Crippen molar-refractivity contribution in [3.05, 3.63) is 0 Å². The Morgan fingerprint density at radius 3 is 1.45 bits per heavy atom. The first-order valence-corrected chi connectivity index (χ1v) is 7.98. The Bertz CT molecular complexity index is 335. The standard InChI is InChI=1S/C16H26O4/c1-3-9-10(4-2)14(16(19)20)12-8-6-5-7-11(12)13(9)15(17)18/h9-14H,3-8H2,1-2H3,(H,17,18)(H,19,20). The molecule has 4 nitrogen and oxygen atoms in total. The average Bonchev–Trinajstić information content (AvgIpc) is 2.43. The molecule has 0 aromatic heterocycles. The van der Waals surface area contributed by atoms with Gasteiger partial charge in [-0.2, -0.15) is 0 Å². The van der Waals surface area contributed by atoms with Crippen LogP contribution in [0.4, 0.5) is 0 Å². The minimum Gasteiger partial charge on any atom is -0.481 e. The monoisotopic (exact) mass is 282 g/mol. The Balaban J connectivity index is 2.41. The topological polar surface area (TPSA) is 74.6 Å². The lowest BCUT2D eigenvalue weighted by atomic mass is 9.52. The molecule has 6 unspecified atom stereocenters. The van der Waals surface area contributed by atoms with Crippen LogP contribution in [0, 0.1) is 35.5 Å². The number of hydrogen-bond acceptors (Lipinski definition) is 2. The molecule has 0 bridgehead atoms. The number of hydrogen-bond donors (Lipinski definition) is 2. The molecule has 0 aliphatic heterocycles. The third-order valence-electron chi connectivity index (χ3n) is 5.78. The van der Waals surface area contributed by atoms with Gasteiger partial charge in [-0.25, -0.2) is 0 Å². The number of carbonyl (C=O) groups is 2. The zero-order valence-electron chi connectivity index (χ0n) is 12.4. The van der Waals surface area contributed by atoms with E-state index in [1.807, 2.05) is 13.8 Å². The maximum atomic E-state index is 11.8. The van der Waals surface area contributed by atoms with Crippen molar-refractivity contribution in [2.24, 2.45) is 35.5 Å². The summed E-state index contributed by atoms with van der Waals surface area (Å²) in [6.07, 6.45) is 5.40. The van der Waals surface area contributed by atoms with Crippen molar-refractivity contribution in [1.82, 2.24) is 0 Å². The van der Waals surface area contributed by atoms with Crippen molar-refractivity contribution in [3.63, 3.8) is 0 Å². The SMILES string of the molecule is CCC1C(CC)C(C(=O)O)C2CCCCC2C1C(=O)O. The molecule has 0 saturated heterocycles. The fraction of sp³-hybridized carbons (Fsp3) is 0.875. The van der Waals surface area contributed by atoms with Crippen LogP contribution in [-0.2, 0) is 9.59 Å². The van der Waals surface area contributed by atoms with Crippen LogP contribution in [0.5, 0.6) is 0 Å². The van der Waals surface area contributed by atoms with Crippen molar-refractivity contribution < 1.29 is 19.8 Å². The lowest BCUT2D eigenvalue weighted by molar-refractivity contribution is -0.168. The molecule has 2 aliphatic rings. The lowest BCUT2D eigenvalue weighted by Crippen LogP contribution is -2.52. The van der Waals surface area contributed by atoms with Gasteiger partial charge in [0, 0.05) is 0 Å². The molecular formula is C16H26O4. The van der Waals surface area contributed by atoms with Crippen molar-refractivity contribution in [2.45, 2.75) is 52.4 Å². The molecule has 0 aromatic rings. The summed E-state index contributed by atoms with van der Waals surface area (Å²) in [6, 6.07) is 0. The van der Waals surface area contributed by atoms with Gasteiger partial charge < -0.3 is 10.2 Å². The molecule has 114 valence electrons. The molecule has 0 heterocycles.